The number of carboxylic acids is 1. The van der Waals surface area contributed by atoms with Gasteiger partial charge in [0.15, 0.2) is 21.3 Å². The quantitative estimate of drug-likeness (QED) is 0.891. The van der Waals surface area contributed by atoms with E-state index in [1.165, 1.54) is 18.2 Å². The van der Waals surface area contributed by atoms with Crippen LogP contribution in [-0.4, -0.2) is 38.5 Å². The van der Waals surface area contributed by atoms with Crippen LogP contribution in [0.2, 0.25) is 0 Å². The molecule has 0 spiro atoms. The Morgan fingerprint density at radius 2 is 1.89 bits per heavy atom. The molecule has 0 fully saturated rings. The lowest BCUT2D eigenvalue weighted by molar-refractivity contribution is -0.136. The monoisotopic (exact) mass is 286 g/mol. The summed E-state index contributed by atoms with van der Waals surface area (Å²) in [7, 11) is -3.62. The van der Waals surface area contributed by atoms with Crippen LogP contribution < -0.4 is 9.47 Å². The van der Waals surface area contributed by atoms with Crippen LogP contribution in [-0.2, 0) is 14.6 Å². The molecule has 6 nitrogen and oxygen atoms in total. The summed E-state index contributed by atoms with van der Waals surface area (Å²) in [4.78, 5) is 10.5. The van der Waals surface area contributed by atoms with Crippen LogP contribution in [0.15, 0.2) is 23.1 Å². The van der Waals surface area contributed by atoms with Gasteiger partial charge in [-0.15, -0.1) is 0 Å². The first-order valence-corrected chi connectivity index (χ1v) is 7.48. The standard InChI is InChI=1S/C12H14O6S/c13-12(14)4-7-19(15,16)9-2-3-10-11(8-9)18-6-1-5-17-10/h2-3,8H,1,4-7H2,(H,13,14). The van der Waals surface area contributed by atoms with Crippen molar-refractivity contribution in [1.82, 2.24) is 0 Å². The van der Waals surface area contributed by atoms with Gasteiger partial charge in [0, 0.05) is 12.5 Å². The predicted octanol–water partition coefficient (Wildman–Crippen LogP) is 1.10. The lowest BCUT2D eigenvalue weighted by Crippen LogP contribution is -2.11. The van der Waals surface area contributed by atoms with Crippen LogP contribution in [0, 0.1) is 0 Å². The molecule has 19 heavy (non-hydrogen) atoms. The fraction of sp³-hybridized carbons (Fsp3) is 0.417. The molecular weight excluding hydrogens is 272 g/mol. The molecule has 0 atom stereocenters. The Hall–Kier alpha value is -1.76. The summed E-state index contributed by atoms with van der Waals surface area (Å²) < 4.78 is 34.7. The van der Waals surface area contributed by atoms with Crippen LogP contribution in [0.25, 0.3) is 0 Å². The van der Waals surface area contributed by atoms with Crippen molar-refractivity contribution in [2.24, 2.45) is 0 Å². The van der Waals surface area contributed by atoms with Gasteiger partial charge < -0.3 is 14.6 Å². The van der Waals surface area contributed by atoms with Gasteiger partial charge in [0.25, 0.3) is 0 Å². The molecule has 0 radical (unpaired) electrons. The zero-order valence-corrected chi connectivity index (χ0v) is 11.0. The van der Waals surface area contributed by atoms with Crippen LogP contribution in [0.3, 0.4) is 0 Å². The van der Waals surface area contributed by atoms with Gasteiger partial charge in [0.1, 0.15) is 0 Å². The molecule has 1 aliphatic rings. The molecule has 1 heterocycles. The lowest BCUT2D eigenvalue weighted by Gasteiger charge is -2.09. The fourth-order valence-electron chi connectivity index (χ4n) is 1.68. The second kappa shape index (κ2) is 5.48. The van der Waals surface area contributed by atoms with E-state index in [0.29, 0.717) is 24.7 Å². The number of benzene rings is 1. The molecule has 1 N–H and O–H groups in total. The van der Waals surface area contributed by atoms with E-state index in [-0.39, 0.29) is 4.90 Å². The molecule has 7 heteroatoms. The van der Waals surface area contributed by atoms with Gasteiger partial charge in [-0.25, -0.2) is 8.42 Å². The number of hydrogen-bond donors (Lipinski definition) is 1. The van der Waals surface area contributed by atoms with Crippen LogP contribution in [0.1, 0.15) is 12.8 Å². The summed E-state index contributed by atoms with van der Waals surface area (Å²) in [6.07, 6.45) is 0.312. The highest BCUT2D eigenvalue weighted by Gasteiger charge is 2.19. The minimum atomic E-state index is -3.62. The van der Waals surface area contributed by atoms with Gasteiger partial charge in [-0.2, -0.15) is 0 Å². The molecule has 1 aliphatic heterocycles. The zero-order valence-electron chi connectivity index (χ0n) is 10.2. The lowest BCUT2D eigenvalue weighted by atomic mass is 10.3. The average molecular weight is 286 g/mol. The molecular formula is C12H14O6S. The maximum Gasteiger partial charge on any atom is 0.304 e. The molecule has 0 bridgehead atoms. The summed E-state index contributed by atoms with van der Waals surface area (Å²) in [5.41, 5.74) is 0. The van der Waals surface area contributed by atoms with E-state index >= 15 is 0 Å². The Morgan fingerprint density at radius 1 is 1.21 bits per heavy atom. The van der Waals surface area contributed by atoms with E-state index in [1.807, 2.05) is 0 Å². The van der Waals surface area contributed by atoms with Gasteiger partial charge in [0.05, 0.1) is 30.3 Å². The first-order valence-electron chi connectivity index (χ1n) is 5.83. The second-order valence-corrected chi connectivity index (χ2v) is 6.23. The zero-order chi connectivity index (χ0) is 13.9. The smallest absolute Gasteiger partial charge is 0.304 e. The van der Waals surface area contributed by atoms with Crippen molar-refractivity contribution in [3.63, 3.8) is 0 Å². The Morgan fingerprint density at radius 3 is 2.58 bits per heavy atom. The van der Waals surface area contributed by atoms with Crippen molar-refractivity contribution in [2.75, 3.05) is 19.0 Å². The number of rotatable bonds is 4. The largest absolute Gasteiger partial charge is 0.490 e. The number of carbonyl (C=O) groups is 1. The predicted molar refractivity (Wildman–Crippen MR) is 66.4 cm³/mol. The van der Waals surface area contributed by atoms with Crippen molar-refractivity contribution >= 4 is 15.8 Å². The Bertz CT molecular complexity index is 578. The third kappa shape index (κ3) is 3.37. The summed E-state index contributed by atoms with van der Waals surface area (Å²) in [6, 6.07) is 4.33. The van der Waals surface area contributed by atoms with Crippen molar-refractivity contribution in [1.29, 1.82) is 0 Å². The van der Waals surface area contributed by atoms with Crippen LogP contribution in [0.5, 0.6) is 11.5 Å². The van der Waals surface area contributed by atoms with Gasteiger partial charge in [0.2, 0.25) is 0 Å². The number of fused-ring (bicyclic) bond motifs is 1. The van der Waals surface area contributed by atoms with Crippen LogP contribution >= 0.6 is 0 Å². The summed E-state index contributed by atoms with van der Waals surface area (Å²) in [6.45, 7) is 0.990. The highest BCUT2D eigenvalue weighted by molar-refractivity contribution is 7.91. The average Bonchev–Trinajstić information content (AvgIpc) is 2.60. The van der Waals surface area contributed by atoms with E-state index in [1.54, 1.807) is 0 Å². The number of aliphatic carboxylic acids is 1. The normalized spacial score (nSPS) is 14.7. The SMILES string of the molecule is O=C(O)CCS(=O)(=O)c1ccc2c(c1)OCCCO2. The minimum absolute atomic E-state index is 0.0537. The molecule has 0 saturated heterocycles. The third-order valence-electron chi connectivity index (χ3n) is 2.66. The van der Waals surface area contributed by atoms with E-state index in [2.05, 4.69) is 0 Å². The van der Waals surface area contributed by atoms with Crippen molar-refractivity contribution in [3.8, 4) is 11.5 Å². The molecule has 0 aliphatic carbocycles. The molecule has 2 rings (SSSR count). The molecule has 1 aromatic rings. The first-order chi connectivity index (χ1) is 8.99. The van der Waals surface area contributed by atoms with E-state index in [9.17, 15) is 13.2 Å². The van der Waals surface area contributed by atoms with Gasteiger partial charge in [-0.1, -0.05) is 0 Å². The Kier molecular flexibility index (Phi) is 3.94. The summed E-state index contributed by atoms with van der Waals surface area (Å²) >= 11 is 0. The van der Waals surface area contributed by atoms with E-state index in [0.717, 1.165) is 6.42 Å². The van der Waals surface area contributed by atoms with Gasteiger partial charge in [-0.3, -0.25) is 4.79 Å². The van der Waals surface area contributed by atoms with E-state index < -0.39 is 28.0 Å². The van der Waals surface area contributed by atoms with Gasteiger partial charge >= 0.3 is 5.97 Å². The topological polar surface area (TPSA) is 89.9 Å². The second-order valence-electron chi connectivity index (χ2n) is 4.12. The highest BCUT2D eigenvalue weighted by atomic mass is 32.2. The molecule has 1 aromatic carbocycles. The molecule has 104 valence electrons. The van der Waals surface area contributed by atoms with Gasteiger partial charge in [-0.05, 0) is 12.1 Å². The first kappa shape index (κ1) is 13.7. The van der Waals surface area contributed by atoms with Crippen molar-refractivity contribution in [2.45, 2.75) is 17.7 Å². The number of sulfone groups is 1. The van der Waals surface area contributed by atoms with Crippen molar-refractivity contribution < 1.29 is 27.8 Å². The Labute approximate surface area is 110 Å². The molecule has 0 aromatic heterocycles. The minimum Gasteiger partial charge on any atom is -0.490 e. The highest BCUT2D eigenvalue weighted by Crippen LogP contribution is 2.32. The van der Waals surface area contributed by atoms with E-state index in [4.69, 9.17) is 14.6 Å². The fourth-order valence-corrected chi connectivity index (χ4v) is 2.92. The molecule has 0 amide bonds. The third-order valence-corrected chi connectivity index (χ3v) is 4.38. The van der Waals surface area contributed by atoms with Crippen molar-refractivity contribution in [3.05, 3.63) is 18.2 Å². The van der Waals surface area contributed by atoms with Crippen LogP contribution in [0.4, 0.5) is 0 Å². The number of hydrogen-bond acceptors (Lipinski definition) is 5. The molecule has 0 unspecified atom stereocenters. The number of ether oxygens (including phenoxy) is 2. The summed E-state index contributed by atoms with van der Waals surface area (Å²) in [5.74, 6) is -0.677. The molecule has 0 saturated carbocycles. The maximum absolute atomic E-state index is 11.9. The number of carboxylic acid groups (broad SMARTS) is 1. The maximum atomic E-state index is 11.9. The Balaban J connectivity index is 2.25. The summed E-state index contributed by atoms with van der Waals surface area (Å²) in [5, 5.41) is 8.54.